The number of ether oxygens (including phenoxy) is 1. The van der Waals surface area contributed by atoms with E-state index in [0.29, 0.717) is 45.5 Å². The molecule has 10 nitrogen and oxygen atoms in total. The summed E-state index contributed by atoms with van der Waals surface area (Å²) in [5.74, 6) is -14.2. The van der Waals surface area contributed by atoms with Crippen LogP contribution >= 0.6 is 0 Å². The van der Waals surface area contributed by atoms with Gasteiger partial charge in [0, 0.05) is 69.2 Å². The van der Waals surface area contributed by atoms with Gasteiger partial charge in [-0.2, -0.15) is 13.9 Å². The number of amides is 1. The van der Waals surface area contributed by atoms with E-state index in [1.165, 1.54) is 12.3 Å². The number of alkyl halides is 6. The standard InChI is InChI=1S/C36H34F9N7O3/c37-22-12-19(13-23(38)16-22)11-21(14-24(53)18-52-31-28(30(50-52)32(40)41)35(42,43)3-4-36(31,44)45)29-26(20-1-2-27(39)25(15-20)33(46)54)17-48-34(49-29)47-5-6-51-7-9-55-10-8-51/h1-2,12-13,15-17,21,32H,3-11,14,18H2,(H2,46,54)(H,47,48,49)/t21-/m1/s1. The van der Waals surface area contributed by atoms with Gasteiger partial charge in [0.25, 0.3) is 24.2 Å². The fourth-order valence-electron chi connectivity index (χ4n) is 6.87. The molecular weight excluding hydrogens is 749 g/mol. The molecule has 0 radical (unpaired) electrons. The van der Waals surface area contributed by atoms with Gasteiger partial charge < -0.3 is 15.8 Å². The Labute approximate surface area is 307 Å². The van der Waals surface area contributed by atoms with E-state index in [1.807, 2.05) is 0 Å². The van der Waals surface area contributed by atoms with Crippen molar-refractivity contribution in [3.63, 3.8) is 0 Å². The highest BCUT2D eigenvalue weighted by Gasteiger charge is 2.55. The zero-order valence-corrected chi connectivity index (χ0v) is 28.9. The van der Waals surface area contributed by atoms with Crippen LogP contribution in [-0.2, 0) is 34.3 Å². The van der Waals surface area contributed by atoms with Crippen LogP contribution in [0.15, 0.2) is 42.6 Å². The number of nitrogens with two attached hydrogens (primary N) is 1. The Morgan fingerprint density at radius 2 is 1.64 bits per heavy atom. The van der Waals surface area contributed by atoms with Crippen LogP contribution in [0.2, 0.25) is 0 Å². The quantitative estimate of drug-likeness (QED) is 0.139. The van der Waals surface area contributed by atoms with Gasteiger partial charge in [-0.25, -0.2) is 40.7 Å². The Morgan fingerprint density at radius 3 is 2.31 bits per heavy atom. The van der Waals surface area contributed by atoms with Crippen molar-refractivity contribution in [3.8, 4) is 11.1 Å². The van der Waals surface area contributed by atoms with Crippen molar-refractivity contribution in [2.24, 2.45) is 5.73 Å². The second-order valence-electron chi connectivity index (χ2n) is 13.3. The lowest BCUT2D eigenvalue weighted by Crippen LogP contribution is -2.39. The lowest BCUT2D eigenvalue weighted by Gasteiger charge is -2.29. The van der Waals surface area contributed by atoms with Crippen molar-refractivity contribution in [2.75, 3.05) is 44.7 Å². The van der Waals surface area contributed by atoms with E-state index in [0.717, 1.165) is 24.3 Å². The highest BCUT2D eigenvalue weighted by Crippen LogP contribution is 2.52. The molecule has 2 aliphatic rings. The highest BCUT2D eigenvalue weighted by molar-refractivity contribution is 5.94. The number of hydrogen-bond acceptors (Lipinski definition) is 8. The van der Waals surface area contributed by atoms with Crippen LogP contribution in [0.25, 0.3) is 11.1 Å². The SMILES string of the molecule is NC(=O)c1cc(-c2cnc(NCCN3CCOCC3)nc2[C@@H](CC(=O)Cn2nc(C(F)F)c3c2C(F)(F)CCC3(F)F)Cc2cc(F)cc(F)c2)ccc1F. The van der Waals surface area contributed by atoms with Crippen LogP contribution in [0.3, 0.4) is 0 Å². The van der Waals surface area contributed by atoms with E-state index in [1.54, 1.807) is 0 Å². The third kappa shape index (κ3) is 8.93. The molecule has 294 valence electrons. The number of hydrogen-bond donors (Lipinski definition) is 2. The number of aromatic nitrogens is 4. The van der Waals surface area contributed by atoms with Gasteiger partial charge in [0.2, 0.25) is 5.95 Å². The lowest BCUT2D eigenvalue weighted by molar-refractivity contribution is -0.121. The molecule has 0 saturated carbocycles. The summed E-state index contributed by atoms with van der Waals surface area (Å²) in [6.07, 6.45) is -6.20. The summed E-state index contributed by atoms with van der Waals surface area (Å²) < 4.78 is 137. The number of fused-ring (bicyclic) bond motifs is 1. The highest BCUT2D eigenvalue weighted by atomic mass is 19.3. The van der Waals surface area contributed by atoms with Gasteiger partial charge in [-0.1, -0.05) is 6.07 Å². The number of benzene rings is 2. The number of carbonyl (C=O) groups excluding carboxylic acids is 2. The summed E-state index contributed by atoms with van der Waals surface area (Å²) in [6, 6.07) is 5.89. The first-order valence-corrected chi connectivity index (χ1v) is 17.1. The van der Waals surface area contributed by atoms with E-state index in [9.17, 15) is 40.3 Å². The maximum Gasteiger partial charge on any atom is 0.290 e. The van der Waals surface area contributed by atoms with Crippen molar-refractivity contribution in [3.05, 3.63) is 93.8 Å². The number of primary amides is 1. The summed E-state index contributed by atoms with van der Waals surface area (Å²) in [7, 11) is 0. The van der Waals surface area contributed by atoms with Gasteiger partial charge in [0.05, 0.1) is 30.0 Å². The Hall–Kier alpha value is -5.04. The van der Waals surface area contributed by atoms with Gasteiger partial charge in [-0.3, -0.25) is 19.2 Å². The number of nitrogens with zero attached hydrogens (tertiary/aromatic N) is 5. The molecule has 3 heterocycles. The fourth-order valence-corrected chi connectivity index (χ4v) is 6.87. The van der Waals surface area contributed by atoms with Gasteiger partial charge in [0.1, 0.15) is 35.4 Å². The maximum absolute atomic E-state index is 15.1. The number of anilines is 1. The minimum atomic E-state index is -4.08. The summed E-state index contributed by atoms with van der Waals surface area (Å²) >= 11 is 0. The Kier molecular flexibility index (Phi) is 11.5. The van der Waals surface area contributed by atoms with E-state index in [-0.39, 0.29) is 39.4 Å². The number of nitrogens with one attached hydrogen (secondary N) is 1. The average Bonchev–Trinajstić information content (AvgIpc) is 3.52. The molecule has 19 heteroatoms. The zero-order chi connectivity index (χ0) is 39.7. The van der Waals surface area contributed by atoms with E-state index < -0.39 is 102 Å². The van der Waals surface area contributed by atoms with Gasteiger partial charge >= 0.3 is 0 Å². The summed E-state index contributed by atoms with van der Waals surface area (Å²) in [4.78, 5) is 36.9. The van der Waals surface area contributed by atoms with E-state index in [2.05, 4.69) is 25.3 Å². The molecule has 1 fully saturated rings. The molecule has 1 aliphatic heterocycles. The smallest absolute Gasteiger partial charge is 0.290 e. The summed E-state index contributed by atoms with van der Waals surface area (Å²) in [6.45, 7) is 2.17. The summed E-state index contributed by atoms with van der Waals surface area (Å²) in [5, 5.41) is 6.42. The monoisotopic (exact) mass is 783 g/mol. The van der Waals surface area contributed by atoms with Crippen molar-refractivity contribution in [1.29, 1.82) is 0 Å². The van der Waals surface area contributed by atoms with Crippen LogP contribution in [-0.4, -0.2) is 75.7 Å². The molecule has 6 rings (SSSR count). The zero-order valence-electron chi connectivity index (χ0n) is 28.9. The lowest BCUT2D eigenvalue weighted by atomic mass is 9.86. The van der Waals surface area contributed by atoms with Crippen LogP contribution in [0.4, 0.5) is 45.5 Å². The molecule has 55 heavy (non-hydrogen) atoms. The van der Waals surface area contributed by atoms with Gasteiger partial charge in [0.15, 0.2) is 5.78 Å². The molecule has 1 aliphatic carbocycles. The molecule has 3 N–H and O–H groups in total. The minimum Gasteiger partial charge on any atom is -0.379 e. The van der Waals surface area contributed by atoms with Crippen LogP contribution in [0.1, 0.15) is 70.2 Å². The molecule has 1 atom stereocenters. The third-order valence-corrected chi connectivity index (χ3v) is 9.42. The number of rotatable bonds is 14. The molecule has 2 aromatic heterocycles. The number of morpholine rings is 1. The third-order valence-electron chi connectivity index (χ3n) is 9.42. The van der Waals surface area contributed by atoms with Crippen molar-refractivity contribution in [2.45, 2.75) is 56.4 Å². The molecule has 0 unspecified atom stereocenters. The number of Topliss-reactive ketones (excluding diaryl/α,β-unsaturated/α-hetero) is 1. The molecule has 2 aromatic carbocycles. The normalized spacial score (nSPS) is 17.2. The molecule has 1 amide bonds. The predicted molar refractivity (Wildman–Crippen MR) is 178 cm³/mol. The van der Waals surface area contributed by atoms with Gasteiger partial charge in [-0.05, 0) is 41.8 Å². The molecule has 1 saturated heterocycles. The first-order valence-electron chi connectivity index (χ1n) is 17.1. The van der Waals surface area contributed by atoms with Crippen LogP contribution < -0.4 is 11.1 Å². The topological polar surface area (TPSA) is 128 Å². The van der Waals surface area contributed by atoms with Gasteiger partial charge in [-0.15, -0.1) is 0 Å². The minimum absolute atomic E-state index is 0.0107. The average molecular weight is 784 g/mol. The molecular formula is C36H34F9N7O3. The largest absolute Gasteiger partial charge is 0.379 e. The second-order valence-corrected chi connectivity index (χ2v) is 13.3. The molecule has 0 bridgehead atoms. The second kappa shape index (κ2) is 16.0. The van der Waals surface area contributed by atoms with Crippen molar-refractivity contribution in [1.82, 2.24) is 24.6 Å². The number of carbonyl (C=O) groups is 2. The Morgan fingerprint density at radius 1 is 0.945 bits per heavy atom. The molecule has 4 aromatic rings. The van der Waals surface area contributed by atoms with E-state index in [4.69, 9.17) is 10.5 Å². The number of halogens is 9. The first-order chi connectivity index (χ1) is 26.0. The van der Waals surface area contributed by atoms with Crippen molar-refractivity contribution < 1.29 is 53.8 Å². The Balaban J connectivity index is 1.41. The molecule has 0 spiro atoms. The number of ketones is 1. The van der Waals surface area contributed by atoms with E-state index >= 15 is 8.78 Å². The fraction of sp³-hybridized carbons (Fsp3) is 0.417. The van der Waals surface area contributed by atoms with Crippen LogP contribution in [0, 0.1) is 17.5 Å². The van der Waals surface area contributed by atoms with Crippen LogP contribution in [0.5, 0.6) is 0 Å². The predicted octanol–water partition coefficient (Wildman–Crippen LogP) is 6.50. The maximum atomic E-state index is 15.1. The van der Waals surface area contributed by atoms with Crippen molar-refractivity contribution >= 4 is 17.6 Å². The Bertz CT molecular complexity index is 2050. The summed E-state index contributed by atoms with van der Waals surface area (Å²) in [5.41, 5.74) is 0.421. The first kappa shape index (κ1) is 39.6.